The molecule has 3 aliphatic rings. The van der Waals surface area contributed by atoms with Crippen LogP contribution in [0.2, 0.25) is 0 Å². The van der Waals surface area contributed by atoms with Gasteiger partial charge in [0.05, 0.1) is 11.9 Å². The van der Waals surface area contributed by atoms with Gasteiger partial charge >= 0.3 is 0 Å². The van der Waals surface area contributed by atoms with Gasteiger partial charge in [-0.2, -0.15) is 0 Å². The fourth-order valence-electron chi connectivity index (χ4n) is 6.60. The first-order valence-electron chi connectivity index (χ1n) is 12.0. The number of fused-ring (bicyclic) bond motifs is 8. The topological polar surface area (TPSA) is 32.3 Å². The van der Waals surface area contributed by atoms with Crippen molar-refractivity contribution in [2.75, 3.05) is 9.80 Å². The van der Waals surface area contributed by atoms with Gasteiger partial charge in [0.1, 0.15) is 6.17 Å². The normalized spacial score (nSPS) is 27.5. The van der Waals surface area contributed by atoms with Crippen LogP contribution in [0.4, 0.5) is 23.0 Å². The average Bonchev–Trinajstić information content (AvgIpc) is 3.39. The second kappa shape index (κ2) is 6.34. The van der Waals surface area contributed by atoms with Crippen molar-refractivity contribution in [2.45, 2.75) is 70.9 Å². The first-order valence-corrected chi connectivity index (χ1v) is 12.0. The molecule has 4 heteroatoms. The second-order valence-corrected chi connectivity index (χ2v) is 10.7. The van der Waals surface area contributed by atoms with E-state index >= 15 is 0 Å². The molecule has 3 unspecified atom stereocenters. The smallest absolute Gasteiger partial charge is 0.178 e. The molecule has 3 aromatic rings. The summed E-state index contributed by atoms with van der Waals surface area (Å²) in [6.45, 7) is 11.4. The van der Waals surface area contributed by atoms with Crippen molar-refractivity contribution in [3.05, 3.63) is 72.1 Å². The molecule has 0 spiro atoms. The molecule has 0 N–H and O–H groups in total. The summed E-state index contributed by atoms with van der Waals surface area (Å²) in [4.78, 5) is 15.3. The summed E-state index contributed by atoms with van der Waals surface area (Å²) in [5.74, 6) is 1.98. The highest BCUT2D eigenvalue weighted by atomic mass is 15.5. The van der Waals surface area contributed by atoms with E-state index in [0.29, 0.717) is 0 Å². The highest BCUT2D eigenvalue weighted by molar-refractivity contribution is 5.88. The lowest BCUT2D eigenvalue weighted by Crippen LogP contribution is -2.51. The summed E-state index contributed by atoms with van der Waals surface area (Å²) in [5, 5.41) is 0. The molecular formula is C28H32N4. The first kappa shape index (κ1) is 19.8. The lowest BCUT2D eigenvalue weighted by atomic mass is 9.76. The molecule has 6 rings (SSSR count). The van der Waals surface area contributed by atoms with Crippen molar-refractivity contribution in [1.82, 2.24) is 9.97 Å². The van der Waals surface area contributed by atoms with Crippen molar-refractivity contribution in [3.8, 4) is 0 Å². The minimum Gasteiger partial charge on any atom is -0.301 e. The van der Waals surface area contributed by atoms with E-state index in [-0.39, 0.29) is 22.4 Å². The van der Waals surface area contributed by atoms with E-state index in [0.717, 1.165) is 30.2 Å². The number of benzene rings is 2. The van der Waals surface area contributed by atoms with Crippen molar-refractivity contribution in [2.24, 2.45) is 5.41 Å². The van der Waals surface area contributed by atoms with E-state index in [1.165, 1.54) is 23.4 Å². The van der Waals surface area contributed by atoms with Gasteiger partial charge in [0, 0.05) is 27.6 Å². The highest BCUT2D eigenvalue weighted by Gasteiger charge is 2.76. The summed E-state index contributed by atoms with van der Waals surface area (Å²) in [6, 6.07) is 19.8. The van der Waals surface area contributed by atoms with Gasteiger partial charge < -0.3 is 9.80 Å². The maximum atomic E-state index is 5.27. The number of hydrogen-bond acceptors (Lipinski definition) is 4. The van der Waals surface area contributed by atoms with E-state index in [1.54, 1.807) is 0 Å². The molecule has 164 valence electrons. The Hall–Kier alpha value is -2.88. The molecule has 2 aromatic carbocycles. The van der Waals surface area contributed by atoms with Gasteiger partial charge in [-0.3, -0.25) is 0 Å². The third kappa shape index (κ3) is 2.28. The Balaban J connectivity index is 1.67. The van der Waals surface area contributed by atoms with E-state index in [1.807, 2.05) is 6.20 Å². The molecule has 1 aromatic heterocycles. The third-order valence-electron chi connectivity index (χ3n) is 8.34. The van der Waals surface area contributed by atoms with Gasteiger partial charge in [-0.15, -0.1) is 0 Å². The van der Waals surface area contributed by atoms with Gasteiger partial charge in [0.25, 0.3) is 0 Å². The van der Waals surface area contributed by atoms with E-state index in [9.17, 15) is 0 Å². The quantitative estimate of drug-likeness (QED) is 0.460. The standard InChI is InChI=1S/C28H32N4/c1-6-27-18-28(27,7-2)25-31(19-13-9-8-10-14-19)23-24(30-22(17-29-23)26(3,4)5)32(25)21-16-12-11-15-20(21)27/h8-17,25H,6-7,18H2,1-5H3. The minimum absolute atomic E-state index is 0.0534. The molecule has 1 aliphatic carbocycles. The van der Waals surface area contributed by atoms with Gasteiger partial charge in [-0.25, -0.2) is 9.97 Å². The molecule has 1 saturated carbocycles. The highest BCUT2D eigenvalue weighted by Crippen LogP contribution is 2.77. The maximum Gasteiger partial charge on any atom is 0.178 e. The van der Waals surface area contributed by atoms with Crippen molar-refractivity contribution < 1.29 is 0 Å². The second-order valence-electron chi connectivity index (χ2n) is 10.7. The molecule has 0 saturated heterocycles. The van der Waals surface area contributed by atoms with E-state index in [4.69, 9.17) is 9.97 Å². The number of para-hydroxylation sites is 2. The summed E-state index contributed by atoms with van der Waals surface area (Å²) in [5.41, 5.74) is 5.38. The monoisotopic (exact) mass is 424 g/mol. The average molecular weight is 425 g/mol. The Morgan fingerprint density at radius 1 is 0.906 bits per heavy atom. The molecule has 2 aliphatic heterocycles. The van der Waals surface area contributed by atoms with Crippen LogP contribution in [-0.2, 0) is 10.8 Å². The Kier molecular flexibility index (Phi) is 3.92. The summed E-state index contributed by atoms with van der Waals surface area (Å²) < 4.78 is 0. The number of nitrogens with zero attached hydrogens (tertiary/aromatic N) is 4. The van der Waals surface area contributed by atoms with Gasteiger partial charge in [0.2, 0.25) is 0 Å². The molecule has 3 atom stereocenters. The zero-order chi connectivity index (χ0) is 22.3. The maximum absolute atomic E-state index is 5.27. The zero-order valence-corrected chi connectivity index (χ0v) is 19.8. The number of anilines is 4. The summed E-state index contributed by atoms with van der Waals surface area (Å²) in [7, 11) is 0. The van der Waals surface area contributed by atoms with Crippen LogP contribution in [0.3, 0.4) is 0 Å². The lowest BCUT2D eigenvalue weighted by molar-refractivity contribution is 0.311. The SMILES string of the molecule is CCC12CC1(CC)C1N(c3ccccc3)c3ncc(C(C)(C)C)nc3N1c1ccccc12. The van der Waals surface area contributed by atoms with Gasteiger partial charge in [-0.1, -0.05) is 71.0 Å². The molecule has 1 fully saturated rings. The fraction of sp³-hybridized carbons (Fsp3) is 0.429. The van der Waals surface area contributed by atoms with E-state index in [2.05, 4.69) is 99.0 Å². The molecule has 0 radical (unpaired) electrons. The Morgan fingerprint density at radius 2 is 1.62 bits per heavy atom. The molecule has 4 nitrogen and oxygen atoms in total. The van der Waals surface area contributed by atoms with E-state index < -0.39 is 0 Å². The molecule has 3 heterocycles. The van der Waals surface area contributed by atoms with Gasteiger partial charge in [0.15, 0.2) is 11.6 Å². The predicted molar refractivity (Wildman–Crippen MR) is 131 cm³/mol. The number of aromatic nitrogens is 2. The van der Waals surface area contributed by atoms with Crippen LogP contribution in [0.25, 0.3) is 0 Å². The minimum atomic E-state index is -0.0534. The van der Waals surface area contributed by atoms with Gasteiger partial charge in [-0.05, 0) is 43.0 Å². The van der Waals surface area contributed by atoms with Crippen LogP contribution >= 0.6 is 0 Å². The summed E-state index contributed by atoms with van der Waals surface area (Å²) in [6.07, 6.45) is 5.69. The van der Waals surface area contributed by atoms with Crippen LogP contribution in [-0.4, -0.2) is 16.1 Å². The molecular weight excluding hydrogens is 392 g/mol. The summed E-state index contributed by atoms with van der Waals surface area (Å²) >= 11 is 0. The largest absolute Gasteiger partial charge is 0.301 e. The predicted octanol–water partition coefficient (Wildman–Crippen LogP) is 6.85. The van der Waals surface area contributed by atoms with Crippen LogP contribution in [0.5, 0.6) is 0 Å². The Bertz CT molecular complexity index is 1200. The number of rotatable bonds is 3. The third-order valence-corrected chi connectivity index (χ3v) is 8.34. The molecule has 32 heavy (non-hydrogen) atoms. The first-order chi connectivity index (χ1) is 15.4. The van der Waals surface area contributed by atoms with Crippen molar-refractivity contribution >= 4 is 23.0 Å². The number of hydrogen-bond donors (Lipinski definition) is 0. The lowest BCUT2D eigenvalue weighted by Gasteiger charge is -2.46. The zero-order valence-electron chi connectivity index (χ0n) is 19.8. The fourth-order valence-corrected chi connectivity index (χ4v) is 6.60. The van der Waals surface area contributed by atoms with Crippen LogP contribution in [0.1, 0.15) is 65.1 Å². The van der Waals surface area contributed by atoms with Crippen molar-refractivity contribution in [1.29, 1.82) is 0 Å². The van der Waals surface area contributed by atoms with Crippen LogP contribution in [0, 0.1) is 5.41 Å². The molecule has 0 amide bonds. The van der Waals surface area contributed by atoms with Crippen LogP contribution < -0.4 is 9.80 Å². The Morgan fingerprint density at radius 3 is 2.31 bits per heavy atom. The molecule has 0 bridgehead atoms. The van der Waals surface area contributed by atoms with Crippen molar-refractivity contribution in [3.63, 3.8) is 0 Å². The Labute approximate surface area is 191 Å². The van der Waals surface area contributed by atoms with Crippen LogP contribution in [0.15, 0.2) is 60.8 Å².